The molecule has 1 aliphatic rings. The summed E-state index contributed by atoms with van der Waals surface area (Å²) in [4.78, 5) is 11.5. The van der Waals surface area contributed by atoms with Gasteiger partial charge in [0.1, 0.15) is 0 Å². The van der Waals surface area contributed by atoms with Crippen LogP contribution >= 0.6 is 0 Å². The summed E-state index contributed by atoms with van der Waals surface area (Å²) in [6.45, 7) is 4.75. The molecule has 3 nitrogen and oxygen atoms in total. The molecule has 0 bridgehead atoms. The average molecular weight is 215 g/mol. The van der Waals surface area contributed by atoms with Crippen LogP contribution in [0.4, 0.5) is 0 Å². The van der Waals surface area contributed by atoms with Crippen molar-refractivity contribution in [3.63, 3.8) is 0 Å². The molecule has 14 heavy (non-hydrogen) atoms. The molecule has 1 saturated heterocycles. The Morgan fingerprint density at radius 3 is 2.64 bits per heavy atom. The average Bonchev–Trinajstić information content (AvgIpc) is 2.17. The summed E-state index contributed by atoms with van der Waals surface area (Å²) in [6.07, 6.45) is 4.03. The van der Waals surface area contributed by atoms with Gasteiger partial charge in [0.05, 0.1) is 10.6 Å². The minimum atomic E-state index is -0.473. The van der Waals surface area contributed by atoms with Gasteiger partial charge in [0.2, 0.25) is 5.91 Å². The first kappa shape index (κ1) is 11.7. The third-order valence-corrected chi connectivity index (χ3v) is 5.78. The van der Waals surface area contributed by atoms with Crippen molar-refractivity contribution in [2.45, 2.75) is 44.8 Å². The van der Waals surface area contributed by atoms with Gasteiger partial charge in [-0.2, -0.15) is 0 Å². The lowest BCUT2D eigenvalue weighted by Crippen LogP contribution is -2.57. The summed E-state index contributed by atoms with van der Waals surface area (Å²) in [6, 6.07) is 0. The molecule has 1 amide bonds. The van der Waals surface area contributed by atoms with Gasteiger partial charge in [0.25, 0.3) is 0 Å². The normalized spacial score (nSPS) is 32.4. The predicted molar refractivity (Wildman–Crippen MR) is 60.1 cm³/mol. The van der Waals surface area contributed by atoms with E-state index in [2.05, 4.69) is 0 Å². The second kappa shape index (κ2) is 4.02. The third kappa shape index (κ3) is 1.73. The van der Waals surface area contributed by atoms with Gasteiger partial charge in [-0.1, -0.05) is 6.92 Å². The molecular weight excluding hydrogens is 194 g/mol. The van der Waals surface area contributed by atoms with Gasteiger partial charge in [0.15, 0.2) is 0 Å². The molecule has 1 rings (SSSR count). The lowest BCUT2D eigenvalue weighted by molar-refractivity contribution is -0.147. The van der Waals surface area contributed by atoms with E-state index in [4.69, 9.17) is 10.5 Å². The smallest absolute Gasteiger partial charge is 0.225 e. The highest BCUT2D eigenvalue weighted by Gasteiger charge is 2.49. The number of nitrogens with two attached hydrogens (primary N) is 1. The van der Waals surface area contributed by atoms with E-state index in [9.17, 15) is 4.79 Å². The van der Waals surface area contributed by atoms with Crippen LogP contribution in [0, 0.1) is 5.41 Å². The molecule has 0 aromatic carbocycles. The minimum Gasteiger partial charge on any atom is -0.378 e. The summed E-state index contributed by atoms with van der Waals surface area (Å²) >= 11 is 0. The van der Waals surface area contributed by atoms with Crippen LogP contribution in [0.2, 0.25) is 0 Å². The predicted octanol–water partition coefficient (Wildman–Crippen LogP) is 0.150. The molecule has 2 unspecified atom stereocenters. The molecule has 82 valence electrons. The zero-order valence-electron chi connectivity index (χ0n) is 9.43. The van der Waals surface area contributed by atoms with Crippen molar-refractivity contribution < 1.29 is 9.53 Å². The van der Waals surface area contributed by atoms with Gasteiger partial charge in [0, 0.05) is 16.8 Å². The van der Waals surface area contributed by atoms with E-state index in [1.54, 1.807) is 0 Å². The molecule has 4 heteroatoms. The van der Waals surface area contributed by atoms with Crippen molar-refractivity contribution in [1.82, 2.24) is 0 Å². The fourth-order valence-electron chi connectivity index (χ4n) is 2.18. The molecule has 0 aliphatic carbocycles. The Balaban J connectivity index is 2.90. The van der Waals surface area contributed by atoms with Crippen molar-refractivity contribution in [2.24, 2.45) is 11.1 Å². The van der Waals surface area contributed by atoms with E-state index in [-0.39, 0.29) is 11.1 Å². The first-order valence-electron chi connectivity index (χ1n) is 5.40. The summed E-state index contributed by atoms with van der Waals surface area (Å²) in [7, 11) is 0.872. The molecule has 0 saturated carbocycles. The Bertz CT molecular complexity index is 226. The van der Waals surface area contributed by atoms with Gasteiger partial charge in [-0.15, -0.1) is 0 Å². The summed E-state index contributed by atoms with van der Waals surface area (Å²) < 4.78 is 5.84. The lowest BCUT2D eigenvalue weighted by atomic mass is 9.77. The van der Waals surface area contributed by atoms with E-state index in [0.717, 1.165) is 42.5 Å². The Kier molecular flexibility index (Phi) is 3.37. The first-order valence-corrected chi connectivity index (χ1v) is 6.40. The number of carbonyl (C=O) groups excluding carboxylic acids is 1. The SMILES string of the molecule is CCC(C)(C(N)=O)C1([SiH3])CCCCO1. The van der Waals surface area contributed by atoms with E-state index < -0.39 is 5.41 Å². The standard InChI is InChI=1S/C10H21NO2Si/c1-3-9(2,8(11)12)10(14)6-4-5-7-13-10/h3-7H2,1-2,14H3,(H2,11,12). The molecule has 0 radical (unpaired) electrons. The molecule has 0 spiro atoms. The largest absolute Gasteiger partial charge is 0.378 e. The third-order valence-electron chi connectivity index (χ3n) is 3.89. The van der Waals surface area contributed by atoms with Crippen LogP contribution in [-0.4, -0.2) is 28.0 Å². The maximum absolute atomic E-state index is 11.5. The number of ether oxygens (including phenoxy) is 1. The quantitative estimate of drug-likeness (QED) is 0.681. The molecule has 1 aliphatic heterocycles. The van der Waals surface area contributed by atoms with E-state index in [1.807, 2.05) is 13.8 Å². The second-order valence-electron chi connectivity index (χ2n) is 4.59. The topological polar surface area (TPSA) is 52.3 Å². The molecule has 1 fully saturated rings. The van der Waals surface area contributed by atoms with Crippen LogP contribution in [0.25, 0.3) is 0 Å². The maximum Gasteiger partial charge on any atom is 0.225 e. The summed E-state index contributed by atoms with van der Waals surface area (Å²) in [5.74, 6) is -0.211. The fourth-order valence-corrected chi connectivity index (χ4v) is 3.34. The molecule has 1 heterocycles. The first-order chi connectivity index (χ1) is 6.46. The van der Waals surface area contributed by atoms with Gasteiger partial charge in [-0.3, -0.25) is 4.79 Å². The minimum absolute atomic E-state index is 0.211. The highest BCUT2D eigenvalue weighted by molar-refractivity contribution is 6.17. The number of hydrogen-bond donors (Lipinski definition) is 1. The Morgan fingerprint density at radius 1 is 1.64 bits per heavy atom. The Labute approximate surface area is 88.8 Å². The van der Waals surface area contributed by atoms with Crippen molar-refractivity contribution in [3.8, 4) is 0 Å². The van der Waals surface area contributed by atoms with E-state index >= 15 is 0 Å². The van der Waals surface area contributed by atoms with Crippen molar-refractivity contribution >= 4 is 16.1 Å². The van der Waals surface area contributed by atoms with Crippen LogP contribution < -0.4 is 5.73 Å². The van der Waals surface area contributed by atoms with Gasteiger partial charge < -0.3 is 10.5 Å². The number of amides is 1. The van der Waals surface area contributed by atoms with Gasteiger partial charge >= 0.3 is 0 Å². The van der Waals surface area contributed by atoms with Crippen molar-refractivity contribution in [3.05, 3.63) is 0 Å². The molecule has 0 aromatic rings. The molecule has 0 aromatic heterocycles. The highest BCUT2D eigenvalue weighted by Crippen LogP contribution is 2.40. The summed E-state index contributed by atoms with van der Waals surface area (Å²) in [5.41, 5.74) is 5.03. The highest BCUT2D eigenvalue weighted by atomic mass is 28.1. The molecule has 2 N–H and O–H groups in total. The number of carbonyl (C=O) groups is 1. The lowest BCUT2D eigenvalue weighted by Gasteiger charge is -2.46. The van der Waals surface area contributed by atoms with E-state index in [0.29, 0.717) is 0 Å². The Morgan fingerprint density at radius 2 is 2.29 bits per heavy atom. The Hall–Kier alpha value is -0.353. The zero-order valence-corrected chi connectivity index (χ0v) is 11.4. The maximum atomic E-state index is 11.5. The molecule has 2 atom stereocenters. The monoisotopic (exact) mass is 215 g/mol. The number of primary amides is 1. The van der Waals surface area contributed by atoms with E-state index in [1.165, 1.54) is 0 Å². The second-order valence-corrected chi connectivity index (χ2v) is 6.20. The molecular formula is C10H21NO2Si. The zero-order chi connectivity index (χ0) is 10.8. The van der Waals surface area contributed by atoms with Crippen LogP contribution in [0.5, 0.6) is 0 Å². The van der Waals surface area contributed by atoms with Crippen LogP contribution in [-0.2, 0) is 9.53 Å². The van der Waals surface area contributed by atoms with Gasteiger partial charge in [-0.25, -0.2) is 0 Å². The van der Waals surface area contributed by atoms with Crippen LogP contribution in [0.1, 0.15) is 39.5 Å². The van der Waals surface area contributed by atoms with Crippen molar-refractivity contribution in [2.75, 3.05) is 6.61 Å². The van der Waals surface area contributed by atoms with Crippen LogP contribution in [0.15, 0.2) is 0 Å². The van der Waals surface area contributed by atoms with Crippen LogP contribution in [0.3, 0.4) is 0 Å². The summed E-state index contributed by atoms with van der Waals surface area (Å²) in [5, 5.41) is -0.230. The fraction of sp³-hybridized carbons (Fsp3) is 0.900. The van der Waals surface area contributed by atoms with Crippen molar-refractivity contribution in [1.29, 1.82) is 0 Å². The number of rotatable bonds is 3. The van der Waals surface area contributed by atoms with Gasteiger partial charge in [-0.05, 0) is 32.6 Å². The number of hydrogen-bond acceptors (Lipinski definition) is 2.